The van der Waals surface area contributed by atoms with Crippen LogP contribution in [0.5, 0.6) is 0 Å². The summed E-state index contributed by atoms with van der Waals surface area (Å²) in [5.41, 5.74) is 0. The number of alkyl halides is 1. The standard InChI is InChI=1S/C13H27IO/c1-4-6-8-10-12(14)13(15-3)11-9-7-5-2/h12-13H,4-11H2,1-3H3/t12-,13+/m1/s1. The quantitative estimate of drug-likeness (QED) is 0.313. The molecule has 0 fully saturated rings. The van der Waals surface area contributed by atoms with Gasteiger partial charge in [0.15, 0.2) is 0 Å². The molecule has 0 aliphatic heterocycles. The van der Waals surface area contributed by atoms with E-state index in [0.29, 0.717) is 10.0 Å². The summed E-state index contributed by atoms with van der Waals surface area (Å²) in [5, 5.41) is 0. The van der Waals surface area contributed by atoms with Crippen LogP contribution in [0.25, 0.3) is 0 Å². The number of unbranched alkanes of at least 4 members (excludes halogenated alkanes) is 4. The molecule has 0 amide bonds. The molecule has 0 aromatic rings. The third kappa shape index (κ3) is 8.49. The molecule has 0 N–H and O–H groups in total. The van der Waals surface area contributed by atoms with Gasteiger partial charge < -0.3 is 4.74 Å². The Bertz CT molecular complexity index is 128. The van der Waals surface area contributed by atoms with Crippen molar-refractivity contribution in [1.82, 2.24) is 0 Å². The van der Waals surface area contributed by atoms with Crippen LogP contribution in [0.15, 0.2) is 0 Å². The van der Waals surface area contributed by atoms with Crippen LogP contribution in [0.2, 0.25) is 0 Å². The van der Waals surface area contributed by atoms with Crippen LogP contribution < -0.4 is 0 Å². The number of halogens is 1. The van der Waals surface area contributed by atoms with Gasteiger partial charge in [-0.1, -0.05) is 75.0 Å². The summed E-state index contributed by atoms with van der Waals surface area (Å²) in [4.78, 5) is 0. The summed E-state index contributed by atoms with van der Waals surface area (Å²) < 4.78 is 6.29. The van der Waals surface area contributed by atoms with Crippen molar-refractivity contribution in [2.45, 2.75) is 75.2 Å². The first-order chi connectivity index (χ1) is 7.26. The minimum atomic E-state index is 0.481. The summed E-state index contributed by atoms with van der Waals surface area (Å²) in [6.07, 6.45) is 11.1. The van der Waals surface area contributed by atoms with Crippen molar-refractivity contribution in [2.75, 3.05) is 7.11 Å². The van der Waals surface area contributed by atoms with Crippen molar-refractivity contribution in [3.05, 3.63) is 0 Å². The molecule has 15 heavy (non-hydrogen) atoms. The van der Waals surface area contributed by atoms with Gasteiger partial charge in [-0.15, -0.1) is 0 Å². The number of methoxy groups -OCH3 is 1. The van der Waals surface area contributed by atoms with Crippen LogP contribution in [0, 0.1) is 0 Å². The summed E-state index contributed by atoms with van der Waals surface area (Å²) in [6, 6.07) is 0. The maximum absolute atomic E-state index is 5.58. The molecule has 0 unspecified atom stereocenters. The van der Waals surface area contributed by atoms with Crippen LogP contribution >= 0.6 is 22.6 Å². The van der Waals surface area contributed by atoms with Crippen molar-refractivity contribution in [2.24, 2.45) is 0 Å². The zero-order chi connectivity index (χ0) is 11.5. The molecule has 0 aliphatic carbocycles. The van der Waals surface area contributed by atoms with Gasteiger partial charge in [-0.3, -0.25) is 0 Å². The second-order valence-electron chi connectivity index (χ2n) is 4.28. The van der Waals surface area contributed by atoms with Crippen molar-refractivity contribution < 1.29 is 4.74 Å². The third-order valence-corrected chi connectivity index (χ3v) is 4.31. The highest BCUT2D eigenvalue weighted by Crippen LogP contribution is 2.21. The highest BCUT2D eigenvalue weighted by atomic mass is 127. The first kappa shape index (κ1) is 15.7. The minimum Gasteiger partial charge on any atom is -0.380 e. The smallest absolute Gasteiger partial charge is 0.0688 e. The van der Waals surface area contributed by atoms with E-state index in [2.05, 4.69) is 36.4 Å². The molecule has 0 saturated carbocycles. The van der Waals surface area contributed by atoms with E-state index in [1.807, 2.05) is 7.11 Å². The van der Waals surface area contributed by atoms with Gasteiger partial charge in [-0.2, -0.15) is 0 Å². The second-order valence-corrected chi connectivity index (χ2v) is 5.88. The van der Waals surface area contributed by atoms with Crippen molar-refractivity contribution in [3.63, 3.8) is 0 Å². The molecule has 0 rings (SSSR count). The molecule has 0 heterocycles. The second kappa shape index (κ2) is 11.2. The van der Waals surface area contributed by atoms with E-state index < -0.39 is 0 Å². The predicted molar refractivity (Wildman–Crippen MR) is 76.9 cm³/mol. The molecule has 0 aromatic heterocycles. The first-order valence-electron chi connectivity index (χ1n) is 6.43. The first-order valence-corrected chi connectivity index (χ1v) is 7.67. The van der Waals surface area contributed by atoms with Gasteiger partial charge in [0.05, 0.1) is 6.10 Å². The molecular weight excluding hydrogens is 299 g/mol. The van der Waals surface area contributed by atoms with Gasteiger partial charge in [0.1, 0.15) is 0 Å². The molecule has 2 heteroatoms. The average Bonchev–Trinajstić information content (AvgIpc) is 2.24. The van der Waals surface area contributed by atoms with Crippen molar-refractivity contribution >= 4 is 22.6 Å². The SMILES string of the molecule is CCCCC[C@@H](I)[C@H](CCCCC)OC. The van der Waals surface area contributed by atoms with E-state index in [4.69, 9.17) is 4.74 Å². The Morgan fingerprint density at radius 2 is 1.47 bits per heavy atom. The minimum absolute atomic E-state index is 0.481. The monoisotopic (exact) mass is 326 g/mol. The molecule has 0 bridgehead atoms. The lowest BCUT2D eigenvalue weighted by Crippen LogP contribution is -2.22. The van der Waals surface area contributed by atoms with Crippen LogP contribution in [0.1, 0.15) is 65.2 Å². The summed E-state index contributed by atoms with van der Waals surface area (Å²) in [6.45, 7) is 4.52. The third-order valence-electron chi connectivity index (χ3n) is 2.88. The predicted octanol–water partition coefficient (Wildman–Crippen LogP) is 4.97. The van der Waals surface area contributed by atoms with Crippen LogP contribution in [-0.2, 0) is 4.74 Å². The van der Waals surface area contributed by atoms with Gasteiger partial charge in [0, 0.05) is 11.0 Å². The van der Waals surface area contributed by atoms with E-state index in [9.17, 15) is 0 Å². The number of ether oxygens (including phenoxy) is 1. The summed E-state index contributed by atoms with van der Waals surface area (Å²) in [5.74, 6) is 0. The lowest BCUT2D eigenvalue weighted by molar-refractivity contribution is 0.0919. The normalized spacial score (nSPS) is 15.2. The van der Waals surface area contributed by atoms with Crippen molar-refractivity contribution in [3.8, 4) is 0 Å². The molecule has 0 aliphatic rings. The fourth-order valence-corrected chi connectivity index (χ4v) is 2.91. The van der Waals surface area contributed by atoms with E-state index in [0.717, 1.165) is 0 Å². The lowest BCUT2D eigenvalue weighted by atomic mass is 10.0. The van der Waals surface area contributed by atoms with Gasteiger partial charge in [-0.05, 0) is 12.8 Å². The van der Waals surface area contributed by atoms with E-state index in [1.165, 1.54) is 51.4 Å². The fourth-order valence-electron chi connectivity index (χ4n) is 1.82. The highest BCUT2D eigenvalue weighted by Gasteiger charge is 2.16. The number of rotatable bonds is 10. The van der Waals surface area contributed by atoms with Gasteiger partial charge in [-0.25, -0.2) is 0 Å². The number of hydrogen-bond donors (Lipinski definition) is 0. The summed E-state index contributed by atoms with van der Waals surface area (Å²) >= 11 is 2.57. The zero-order valence-corrected chi connectivity index (χ0v) is 12.8. The van der Waals surface area contributed by atoms with Crippen LogP contribution in [0.4, 0.5) is 0 Å². The zero-order valence-electron chi connectivity index (χ0n) is 10.6. The Morgan fingerprint density at radius 1 is 0.933 bits per heavy atom. The topological polar surface area (TPSA) is 9.23 Å². The maximum atomic E-state index is 5.58. The Balaban J connectivity index is 3.62. The molecule has 1 nitrogen and oxygen atoms in total. The molecular formula is C13H27IO. The fraction of sp³-hybridized carbons (Fsp3) is 1.00. The van der Waals surface area contributed by atoms with Gasteiger partial charge >= 0.3 is 0 Å². The molecule has 0 aromatic carbocycles. The van der Waals surface area contributed by atoms with E-state index in [1.54, 1.807) is 0 Å². The average molecular weight is 326 g/mol. The van der Waals surface area contributed by atoms with E-state index in [-0.39, 0.29) is 0 Å². The van der Waals surface area contributed by atoms with E-state index >= 15 is 0 Å². The van der Waals surface area contributed by atoms with Crippen molar-refractivity contribution in [1.29, 1.82) is 0 Å². The van der Waals surface area contributed by atoms with Crippen LogP contribution in [-0.4, -0.2) is 17.1 Å². The number of hydrogen-bond acceptors (Lipinski definition) is 1. The molecule has 92 valence electrons. The molecule has 0 spiro atoms. The Kier molecular flexibility index (Phi) is 11.7. The largest absolute Gasteiger partial charge is 0.380 e. The Labute approximate surface area is 109 Å². The summed E-state index contributed by atoms with van der Waals surface area (Å²) in [7, 11) is 1.86. The molecule has 0 saturated heterocycles. The molecule has 2 atom stereocenters. The lowest BCUT2D eigenvalue weighted by Gasteiger charge is -2.21. The van der Waals surface area contributed by atoms with Crippen LogP contribution in [0.3, 0.4) is 0 Å². The molecule has 0 radical (unpaired) electrons. The highest BCUT2D eigenvalue weighted by molar-refractivity contribution is 14.1. The Hall–Kier alpha value is 0.690. The van der Waals surface area contributed by atoms with Gasteiger partial charge in [0.2, 0.25) is 0 Å². The maximum Gasteiger partial charge on any atom is 0.0688 e. The Morgan fingerprint density at radius 3 is 1.93 bits per heavy atom. The van der Waals surface area contributed by atoms with Gasteiger partial charge in [0.25, 0.3) is 0 Å².